The van der Waals surface area contributed by atoms with Crippen LogP contribution in [0.1, 0.15) is 0 Å². The summed E-state index contributed by atoms with van der Waals surface area (Å²) < 4.78 is 11.3. The molecule has 0 atom stereocenters. The van der Waals surface area contributed by atoms with Crippen molar-refractivity contribution < 1.29 is 13.9 Å². The van der Waals surface area contributed by atoms with E-state index in [-0.39, 0.29) is 12.5 Å². The first-order valence-corrected chi connectivity index (χ1v) is 8.63. The third-order valence-corrected chi connectivity index (χ3v) is 3.82. The van der Waals surface area contributed by atoms with E-state index in [0.717, 1.165) is 17.7 Å². The Kier molecular flexibility index (Phi) is 6.17. The highest BCUT2D eigenvalue weighted by Gasteiger charge is 2.09. The molecule has 0 aliphatic heterocycles. The van der Waals surface area contributed by atoms with Crippen molar-refractivity contribution in [3.63, 3.8) is 0 Å². The molecule has 7 nitrogen and oxygen atoms in total. The van der Waals surface area contributed by atoms with Crippen LogP contribution in [0.15, 0.2) is 59.4 Å². The van der Waals surface area contributed by atoms with E-state index in [9.17, 15) is 4.79 Å². The second kappa shape index (κ2) is 8.95. The van der Waals surface area contributed by atoms with Crippen LogP contribution in [0.5, 0.6) is 5.75 Å². The Morgan fingerprint density at radius 3 is 2.56 bits per heavy atom. The molecule has 1 amide bonds. The standard InChI is InChI=1S/C20H22N4O3/c1-24(2)12-11-22-19(25)14-26-17-5-3-15(4-6-17)18-13-23-20(27-18)16-7-9-21-10-8-16/h3-10,13H,11-12,14H2,1-2H3,(H,22,25). The Morgan fingerprint density at radius 1 is 1.11 bits per heavy atom. The number of ether oxygens (including phenoxy) is 1. The van der Waals surface area contributed by atoms with Crippen LogP contribution in [0.4, 0.5) is 0 Å². The zero-order chi connectivity index (χ0) is 19.1. The van der Waals surface area contributed by atoms with E-state index in [0.29, 0.717) is 23.9 Å². The molecular formula is C20H22N4O3. The lowest BCUT2D eigenvalue weighted by atomic mass is 10.2. The van der Waals surface area contributed by atoms with E-state index in [1.54, 1.807) is 30.7 Å². The van der Waals surface area contributed by atoms with Crippen molar-refractivity contribution in [1.29, 1.82) is 0 Å². The maximum absolute atomic E-state index is 11.7. The molecule has 0 aliphatic rings. The Hall–Kier alpha value is -3.19. The van der Waals surface area contributed by atoms with Crippen molar-refractivity contribution in [3.8, 4) is 28.5 Å². The van der Waals surface area contributed by atoms with Crippen LogP contribution in [0, 0.1) is 0 Å². The molecule has 0 saturated heterocycles. The van der Waals surface area contributed by atoms with Gasteiger partial charge >= 0.3 is 0 Å². The highest BCUT2D eigenvalue weighted by atomic mass is 16.5. The summed E-state index contributed by atoms with van der Waals surface area (Å²) in [6.07, 6.45) is 5.08. The fraction of sp³-hybridized carbons (Fsp3) is 0.250. The smallest absolute Gasteiger partial charge is 0.257 e. The third-order valence-electron chi connectivity index (χ3n) is 3.82. The summed E-state index contributed by atoms with van der Waals surface area (Å²) in [7, 11) is 3.91. The van der Waals surface area contributed by atoms with Gasteiger partial charge in [-0.3, -0.25) is 9.78 Å². The van der Waals surface area contributed by atoms with Gasteiger partial charge in [-0.05, 0) is 50.5 Å². The number of carbonyl (C=O) groups is 1. The summed E-state index contributed by atoms with van der Waals surface area (Å²) in [4.78, 5) is 22.0. The minimum absolute atomic E-state index is 0.0126. The Balaban J connectivity index is 1.55. The average Bonchev–Trinajstić information content (AvgIpc) is 3.17. The molecule has 0 fully saturated rings. The van der Waals surface area contributed by atoms with E-state index in [4.69, 9.17) is 9.15 Å². The van der Waals surface area contributed by atoms with E-state index in [2.05, 4.69) is 15.3 Å². The highest BCUT2D eigenvalue weighted by molar-refractivity contribution is 5.77. The summed E-state index contributed by atoms with van der Waals surface area (Å²) in [6, 6.07) is 11.0. The number of rotatable bonds is 8. The maximum atomic E-state index is 11.7. The zero-order valence-corrected chi connectivity index (χ0v) is 15.4. The number of hydrogen-bond acceptors (Lipinski definition) is 6. The average molecular weight is 366 g/mol. The van der Waals surface area contributed by atoms with Crippen molar-refractivity contribution in [2.24, 2.45) is 0 Å². The third kappa shape index (κ3) is 5.39. The van der Waals surface area contributed by atoms with Crippen LogP contribution < -0.4 is 10.1 Å². The van der Waals surface area contributed by atoms with Crippen LogP contribution in [0.2, 0.25) is 0 Å². The quantitative estimate of drug-likeness (QED) is 0.660. The molecule has 0 aliphatic carbocycles. The van der Waals surface area contributed by atoms with Crippen LogP contribution >= 0.6 is 0 Å². The number of amides is 1. The van der Waals surface area contributed by atoms with Crippen molar-refractivity contribution >= 4 is 5.91 Å². The van der Waals surface area contributed by atoms with Crippen molar-refractivity contribution in [2.75, 3.05) is 33.8 Å². The predicted molar refractivity (Wildman–Crippen MR) is 102 cm³/mol. The molecule has 0 radical (unpaired) electrons. The van der Waals surface area contributed by atoms with Gasteiger partial charge in [0.25, 0.3) is 5.91 Å². The number of hydrogen-bond donors (Lipinski definition) is 1. The number of aromatic nitrogens is 2. The Bertz CT molecular complexity index is 860. The molecule has 0 saturated carbocycles. The molecule has 1 aromatic carbocycles. The molecule has 0 unspecified atom stereocenters. The normalized spacial score (nSPS) is 10.8. The van der Waals surface area contributed by atoms with Gasteiger partial charge in [0.15, 0.2) is 12.4 Å². The van der Waals surface area contributed by atoms with E-state index in [1.807, 2.05) is 43.3 Å². The van der Waals surface area contributed by atoms with E-state index in [1.165, 1.54) is 0 Å². The minimum atomic E-state index is -0.141. The Labute approximate surface area is 158 Å². The Morgan fingerprint density at radius 2 is 1.85 bits per heavy atom. The summed E-state index contributed by atoms with van der Waals surface area (Å²) in [5.41, 5.74) is 1.75. The fourth-order valence-electron chi connectivity index (χ4n) is 2.37. The summed E-state index contributed by atoms with van der Waals surface area (Å²) in [5.74, 6) is 1.69. The van der Waals surface area contributed by atoms with Gasteiger partial charge in [-0.25, -0.2) is 4.98 Å². The predicted octanol–water partition coefficient (Wildman–Crippen LogP) is 2.46. The van der Waals surface area contributed by atoms with Gasteiger partial charge in [-0.2, -0.15) is 0 Å². The van der Waals surface area contributed by atoms with Gasteiger partial charge in [-0.1, -0.05) is 0 Å². The zero-order valence-electron chi connectivity index (χ0n) is 15.4. The summed E-state index contributed by atoms with van der Waals surface area (Å²) in [6.45, 7) is 1.37. The molecule has 2 heterocycles. The maximum Gasteiger partial charge on any atom is 0.257 e. The summed E-state index contributed by atoms with van der Waals surface area (Å²) >= 11 is 0. The second-order valence-electron chi connectivity index (χ2n) is 6.23. The van der Waals surface area contributed by atoms with Crippen LogP contribution in [-0.2, 0) is 4.79 Å². The SMILES string of the molecule is CN(C)CCNC(=O)COc1ccc(-c2cnc(-c3ccncc3)o2)cc1. The van der Waals surface area contributed by atoms with Gasteiger partial charge in [-0.15, -0.1) is 0 Å². The van der Waals surface area contributed by atoms with Gasteiger partial charge < -0.3 is 19.4 Å². The highest BCUT2D eigenvalue weighted by Crippen LogP contribution is 2.27. The van der Waals surface area contributed by atoms with Crippen LogP contribution in [0.3, 0.4) is 0 Å². The lowest BCUT2D eigenvalue weighted by Crippen LogP contribution is -2.34. The molecule has 3 rings (SSSR count). The number of nitrogens with one attached hydrogen (secondary N) is 1. The summed E-state index contributed by atoms with van der Waals surface area (Å²) in [5, 5.41) is 2.81. The van der Waals surface area contributed by atoms with E-state index >= 15 is 0 Å². The molecular weight excluding hydrogens is 344 g/mol. The molecule has 0 bridgehead atoms. The molecule has 140 valence electrons. The molecule has 27 heavy (non-hydrogen) atoms. The number of likely N-dealkylation sites (N-methyl/N-ethyl adjacent to an activating group) is 1. The lowest BCUT2D eigenvalue weighted by molar-refractivity contribution is -0.123. The minimum Gasteiger partial charge on any atom is -0.484 e. The van der Waals surface area contributed by atoms with Gasteiger partial charge in [0.1, 0.15) is 5.75 Å². The van der Waals surface area contributed by atoms with Gasteiger partial charge in [0.2, 0.25) is 5.89 Å². The molecule has 0 spiro atoms. The van der Waals surface area contributed by atoms with Crippen molar-refractivity contribution in [1.82, 2.24) is 20.2 Å². The first-order chi connectivity index (χ1) is 13.1. The first kappa shape index (κ1) is 18.6. The number of carbonyl (C=O) groups excluding carboxylic acids is 1. The topological polar surface area (TPSA) is 80.5 Å². The monoisotopic (exact) mass is 366 g/mol. The first-order valence-electron chi connectivity index (χ1n) is 8.63. The fourth-order valence-corrected chi connectivity index (χ4v) is 2.37. The van der Waals surface area contributed by atoms with E-state index < -0.39 is 0 Å². The van der Waals surface area contributed by atoms with Gasteiger partial charge in [0.05, 0.1) is 6.20 Å². The van der Waals surface area contributed by atoms with Crippen molar-refractivity contribution in [2.45, 2.75) is 0 Å². The largest absolute Gasteiger partial charge is 0.484 e. The number of nitrogens with zero attached hydrogens (tertiary/aromatic N) is 3. The second-order valence-corrected chi connectivity index (χ2v) is 6.23. The molecule has 2 aromatic heterocycles. The van der Waals surface area contributed by atoms with Crippen LogP contribution in [0.25, 0.3) is 22.8 Å². The van der Waals surface area contributed by atoms with Crippen molar-refractivity contribution in [3.05, 3.63) is 55.0 Å². The van der Waals surface area contributed by atoms with Crippen LogP contribution in [-0.4, -0.2) is 54.6 Å². The molecule has 1 N–H and O–H groups in total. The molecule has 7 heteroatoms. The number of benzene rings is 1. The lowest BCUT2D eigenvalue weighted by Gasteiger charge is -2.11. The number of oxazole rings is 1. The molecule has 3 aromatic rings. The number of pyridine rings is 1. The van der Waals surface area contributed by atoms with Gasteiger partial charge in [0, 0.05) is 36.6 Å².